The van der Waals surface area contributed by atoms with Crippen molar-refractivity contribution in [3.8, 4) is 0 Å². The number of alkyl halides is 3. The zero-order valence-corrected chi connectivity index (χ0v) is 7.51. The minimum absolute atomic E-state index is 0.230. The largest absolute Gasteiger partial charge is 0.419 e. The average molecular weight is 219 g/mol. The Hall–Kier alpha value is -1.75. The molecule has 0 N–H and O–H groups in total. The highest BCUT2D eigenvalue weighted by molar-refractivity contribution is 5.50. The van der Waals surface area contributed by atoms with Gasteiger partial charge in [0.15, 0.2) is 0 Å². The van der Waals surface area contributed by atoms with Crippen LogP contribution in [-0.4, -0.2) is 0 Å². The molecule has 1 rings (SSSR count). The molecule has 0 saturated carbocycles. The Labute approximate surface area is 82.0 Å². The lowest BCUT2D eigenvalue weighted by molar-refractivity contribution is -0.140. The molecule has 80 valence electrons. The highest BCUT2D eigenvalue weighted by atomic mass is 19.4. The lowest BCUT2D eigenvalue weighted by atomic mass is 10.1. The second-order valence-corrected chi connectivity index (χ2v) is 2.75. The normalized spacial score (nSPS) is 11.0. The van der Waals surface area contributed by atoms with E-state index in [0.29, 0.717) is 6.07 Å². The van der Waals surface area contributed by atoms with E-state index in [1.807, 2.05) is 0 Å². The third kappa shape index (κ3) is 2.19. The summed E-state index contributed by atoms with van der Waals surface area (Å²) in [5.74, 6) is -1.38. The molecule has 7 heteroatoms. The van der Waals surface area contributed by atoms with Crippen LogP contribution in [0.25, 0.3) is 10.4 Å². The maximum Gasteiger partial charge on any atom is 0.419 e. The summed E-state index contributed by atoms with van der Waals surface area (Å²) in [5, 5.41) is 3.04. The molecule has 0 spiro atoms. The van der Waals surface area contributed by atoms with Crippen LogP contribution in [0, 0.1) is 12.7 Å². The van der Waals surface area contributed by atoms with E-state index in [4.69, 9.17) is 5.53 Å². The van der Waals surface area contributed by atoms with Gasteiger partial charge in [-0.25, -0.2) is 4.39 Å². The fourth-order valence-corrected chi connectivity index (χ4v) is 1.17. The summed E-state index contributed by atoms with van der Waals surface area (Å²) >= 11 is 0. The Kier molecular flexibility index (Phi) is 2.85. The predicted octanol–water partition coefficient (Wildman–Crippen LogP) is 4.09. The molecule has 1 aromatic carbocycles. The van der Waals surface area contributed by atoms with E-state index in [2.05, 4.69) is 10.0 Å². The van der Waals surface area contributed by atoms with E-state index in [-0.39, 0.29) is 5.69 Å². The van der Waals surface area contributed by atoms with Crippen LogP contribution in [0.15, 0.2) is 17.2 Å². The molecule has 0 heterocycles. The van der Waals surface area contributed by atoms with Gasteiger partial charge in [-0.2, -0.15) is 13.2 Å². The number of halogens is 4. The maximum atomic E-state index is 12.9. The van der Waals surface area contributed by atoms with Gasteiger partial charge in [-0.15, -0.1) is 0 Å². The van der Waals surface area contributed by atoms with Gasteiger partial charge in [0.25, 0.3) is 0 Å². The molecule has 3 nitrogen and oxygen atoms in total. The summed E-state index contributed by atoms with van der Waals surface area (Å²) in [7, 11) is 0. The first-order chi connectivity index (χ1) is 6.88. The highest BCUT2D eigenvalue weighted by Gasteiger charge is 2.36. The Morgan fingerprint density at radius 1 is 1.33 bits per heavy atom. The van der Waals surface area contributed by atoms with Crippen molar-refractivity contribution in [2.75, 3.05) is 0 Å². The molecule has 0 aliphatic rings. The maximum absolute atomic E-state index is 12.9. The lowest BCUT2D eigenvalue weighted by Crippen LogP contribution is -2.10. The van der Waals surface area contributed by atoms with E-state index in [9.17, 15) is 17.6 Å². The van der Waals surface area contributed by atoms with Gasteiger partial charge in [-0.3, -0.25) is 0 Å². The van der Waals surface area contributed by atoms with Crippen molar-refractivity contribution >= 4 is 5.69 Å². The first-order valence-corrected chi connectivity index (χ1v) is 3.79. The van der Waals surface area contributed by atoms with Crippen LogP contribution in [0.2, 0.25) is 0 Å². The molecule has 0 saturated heterocycles. The summed E-state index contributed by atoms with van der Waals surface area (Å²) in [4.78, 5) is 2.35. The van der Waals surface area contributed by atoms with Crippen LogP contribution in [-0.2, 0) is 6.18 Å². The van der Waals surface area contributed by atoms with E-state index in [1.165, 1.54) is 0 Å². The molecular formula is C8H5F4N3. The van der Waals surface area contributed by atoms with Gasteiger partial charge in [0.1, 0.15) is 5.82 Å². The van der Waals surface area contributed by atoms with Crippen molar-refractivity contribution in [2.24, 2.45) is 5.11 Å². The van der Waals surface area contributed by atoms with Crippen LogP contribution in [0.3, 0.4) is 0 Å². The number of hydrogen-bond donors (Lipinski definition) is 0. The quantitative estimate of drug-likeness (QED) is 0.295. The van der Waals surface area contributed by atoms with Crippen molar-refractivity contribution in [3.05, 3.63) is 39.5 Å². The molecule has 0 atom stereocenters. The summed E-state index contributed by atoms with van der Waals surface area (Å²) < 4.78 is 50.0. The topological polar surface area (TPSA) is 48.8 Å². The van der Waals surface area contributed by atoms with Crippen molar-refractivity contribution in [3.63, 3.8) is 0 Å². The number of nitrogens with zero attached hydrogens (tertiary/aromatic N) is 3. The predicted molar refractivity (Wildman–Crippen MR) is 44.9 cm³/mol. The fraction of sp³-hybridized carbons (Fsp3) is 0.250. The number of rotatable bonds is 1. The van der Waals surface area contributed by atoms with Gasteiger partial charge in [0.05, 0.1) is 5.56 Å². The Morgan fingerprint density at radius 2 is 1.93 bits per heavy atom. The summed E-state index contributed by atoms with van der Waals surface area (Å²) in [6.45, 7) is 1.05. The summed E-state index contributed by atoms with van der Waals surface area (Å²) in [5.41, 5.74) is 6.05. The molecule has 0 aliphatic heterocycles. The highest BCUT2D eigenvalue weighted by Crippen LogP contribution is 2.37. The number of azide groups is 1. The first-order valence-electron chi connectivity index (χ1n) is 3.79. The van der Waals surface area contributed by atoms with Crippen LogP contribution in [0.4, 0.5) is 23.2 Å². The third-order valence-corrected chi connectivity index (χ3v) is 1.82. The molecule has 1 aromatic rings. The van der Waals surface area contributed by atoms with E-state index < -0.39 is 23.1 Å². The van der Waals surface area contributed by atoms with Crippen LogP contribution >= 0.6 is 0 Å². The third-order valence-electron chi connectivity index (χ3n) is 1.82. The number of benzene rings is 1. The standard InChI is InChI=1S/C8H5F4N3/c1-4-6(14-15-13)3-2-5(9)7(4)8(10,11)12/h2-3H,1H3. The first kappa shape index (κ1) is 11.3. The fourth-order valence-electron chi connectivity index (χ4n) is 1.17. The SMILES string of the molecule is Cc1c(N=[N+]=[N-])ccc(F)c1C(F)(F)F. The number of hydrogen-bond acceptors (Lipinski definition) is 1. The van der Waals surface area contributed by atoms with Crippen LogP contribution in [0.1, 0.15) is 11.1 Å². The van der Waals surface area contributed by atoms with Crippen molar-refractivity contribution < 1.29 is 17.6 Å². The Morgan fingerprint density at radius 3 is 2.40 bits per heavy atom. The molecule has 15 heavy (non-hydrogen) atoms. The molecule has 0 bridgehead atoms. The van der Waals surface area contributed by atoms with Crippen molar-refractivity contribution in [2.45, 2.75) is 13.1 Å². The Balaban J connectivity index is 3.50. The molecule has 0 unspecified atom stereocenters. The zero-order chi connectivity index (χ0) is 11.6. The van der Waals surface area contributed by atoms with Crippen molar-refractivity contribution in [1.82, 2.24) is 0 Å². The monoisotopic (exact) mass is 219 g/mol. The molecule has 0 aliphatic carbocycles. The average Bonchev–Trinajstić information content (AvgIpc) is 2.08. The van der Waals surface area contributed by atoms with Crippen LogP contribution in [0.5, 0.6) is 0 Å². The molecule has 0 aromatic heterocycles. The second-order valence-electron chi connectivity index (χ2n) is 2.75. The van der Waals surface area contributed by atoms with E-state index in [0.717, 1.165) is 13.0 Å². The smallest absolute Gasteiger partial charge is 0.206 e. The van der Waals surface area contributed by atoms with Crippen molar-refractivity contribution in [1.29, 1.82) is 0 Å². The zero-order valence-electron chi connectivity index (χ0n) is 7.51. The van der Waals surface area contributed by atoms with E-state index in [1.54, 1.807) is 0 Å². The minimum atomic E-state index is -4.80. The summed E-state index contributed by atoms with van der Waals surface area (Å²) in [6, 6.07) is 1.62. The van der Waals surface area contributed by atoms with Gasteiger partial charge in [-0.05, 0) is 30.2 Å². The minimum Gasteiger partial charge on any atom is -0.206 e. The second kappa shape index (κ2) is 3.78. The van der Waals surface area contributed by atoms with Gasteiger partial charge in [0, 0.05) is 10.6 Å². The van der Waals surface area contributed by atoms with E-state index >= 15 is 0 Å². The molecule has 0 radical (unpaired) electrons. The van der Waals surface area contributed by atoms with Gasteiger partial charge in [-0.1, -0.05) is 5.11 Å². The van der Waals surface area contributed by atoms with Gasteiger partial charge >= 0.3 is 6.18 Å². The van der Waals surface area contributed by atoms with Gasteiger partial charge < -0.3 is 0 Å². The summed E-state index contributed by atoms with van der Waals surface area (Å²) in [6.07, 6.45) is -4.80. The molecule has 0 fully saturated rings. The van der Waals surface area contributed by atoms with Gasteiger partial charge in [0.2, 0.25) is 0 Å². The van der Waals surface area contributed by atoms with Crippen LogP contribution < -0.4 is 0 Å². The molecule has 0 amide bonds. The lowest BCUT2D eigenvalue weighted by Gasteiger charge is -2.12. The molecular weight excluding hydrogens is 214 g/mol. The Bertz CT molecular complexity index is 432.